The SMILES string of the molecule is CCC(C)C1NC(=O)CC(C)N(C/C=C/Cl)C1=O. The van der Waals surface area contributed by atoms with Crippen LogP contribution in [0, 0.1) is 5.92 Å². The van der Waals surface area contributed by atoms with Crippen molar-refractivity contribution < 1.29 is 9.59 Å². The van der Waals surface area contributed by atoms with E-state index in [-0.39, 0.29) is 23.8 Å². The van der Waals surface area contributed by atoms with Gasteiger partial charge in [-0.2, -0.15) is 0 Å². The molecule has 1 rings (SSSR count). The molecule has 1 aliphatic rings. The quantitative estimate of drug-likeness (QED) is 0.850. The molecule has 0 aromatic carbocycles. The summed E-state index contributed by atoms with van der Waals surface area (Å²) in [6.45, 7) is 6.33. The largest absolute Gasteiger partial charge is 0.344 e. The van der Waals surface area contributed by atoms with Gasteiger partial charge in [-0.25, -0.2) is 0 Å². The highest BCUT2D eigenvalue weighted by atomic mass is 35.5. The van der Waals surface area contributed by atoms with Gasteiger partial charge in [0.15, 0.2) is 0 Å². The van der Waals surface area contributed by atoms with Gasteiger partial charge in [0.25, 0.3) is 0 Å². The van der Waals surface area contributed by atoms with Gasteiger partial charge >= 0.3 is 0 Å². The van der Waals surface area contributed by atoms with Gasteiger partial charge in [-0.05, 0) is 12.8 Å². The van der Waals surface area contributed by atoms with Crippen LogP contribution < -0.4 is 5.32 Å². The van der Waals surface area contributed by atoms with Crippen molar-refractivity contribution in [2.24, 2.45) is 5.92 Å². The maximum atomic E-state index is 12.4. The summed E-state index contributed by atoms with van der Waals surface area (Å²) in [5.41, 5.74) is 1.40. The zero-order chi connectivity index (χ0) is 13.7. The molecular weight excluding hydrogens is 252 g/mol. The second kappa shape index (κ2) is 6.78. The lowest BCUT2D eigenvalue weighted by molar-refractivity contribution is -0.135. The second-order valence-corrected chi connectivity index (χ2v) is 5.09. The second-order valence-electron chi connectivity index (χ2n) is 4.84. The number of halogens is 1. The van der Waals surface area contributed by atoms with E-state index in [4.69, 9.17) is 11.6 Å². The third-order valence-electron chi connectivity index (χ3n) is 3.48. The Balaban J connectivity index is 2.93. The fraction of sp³-hybridized carbons (Fsp3) is 0.692. The van der Waals surface area contributed by atoms with Crippen molar-refractivity contribution >= 4 is 23.4 Å². The minimum atomic E-state index is -0.420. The number of nitrogens with one attached hydrogen (secondary N) is 1. The molecule has 102 valence electrons. The van der Waals surface area contributed by atoms with Crippen LogP contribution in [0.3, 0.4) is 0 Å². The summed E-state index contributed by atoms with van der Waals surface area (Å²) in [6, 6.07) is -0.518. The van der Waals surface area contributed by atoms with Crippen LogP contribution in [0.1, 0.15) is 33.6 Å². The van der Waals surface area contributed by atoms with Crippen LogP contribution in [0.2, 0.25) is 0 Å². The first-order chi connectivity index (χ1) is 8.51. The number of hydrogen-bond acceptors (Lipinski definition) is 2. The summed E-state index contributed by atoms with van der Waals surface area (Å²) in [5, 5.41) is 2.83. The molecule has 0 spiro atoms. The highest BCUT2D eigenvalue weighted by Gasteiger charge is 2.35. The summed E-state index contributed by atoms with van der Waals surface area (Å²) in [4.78, 5) is 25.9. The minimum absolute atomic E-state index is 0.0162. The van der Waals surface area contributed by atoms with Crippen molar-refractivity contribution in [2.75, 3.05) is 6.54 Å². The van der Waals surface area contributed by atoms with E-state index in [0.717, 1.165) is 6.42 Å². The van der Waals surface area contributed by atoms with Crippen LogP contribution in [-0.4, -0.2) is 35.3 Å². The van der Waals surface area contributed by atoms with Crippen molar-refractivity contribution in [1.82, 2.24) is 10.2 Å². The normalized spacial score (nSPS) is 27.2. The Bertz CT molecular complexity index is 344. The molecule has 0 aromatic rings. The van der Waals surface area contributed by atoms with Crippen LogP contribution in [0.15, 0.2) is 11.6 Å². The van der Waals surface area contributed by atoms with Gasteiger partial charge in [0.1, 0.15) is 6.04 Å². The van der Waals surface area contributed by atoms with Crippen LogP contribution in [0.25, 0.3) is 0 Å². The third kappa shape index (κ3) is 3.48. The molecule has 5 heteroatoms. The molecule has 18 heavy (non-hydrogen) atoms. The third-order valence-corrected chi connectivity index (χ3v) is 3.66. The maximum absolute atomic E-state index is 12.4. The molecule has 2 amide bonds. The van der Waals surface area contributed by atoms with E-state index in [1.165, 1.54) is 5.54 Å². The molecule has 0 aliphatic carbocycles. The van der Waals surface area contributed by atoms with Gasteiger partial charge in [0.2, 0.25) is 11.8 Å². The van der Waals surface area contributed by atoms with E-state index in [0.29, 0.717) is 13.0 Å². The number of nitrogens with zero attached hydrogens (tertiary/aromatic N) is 1. The standard InChI is InChI=1S/C13H21ClN2O2/c1-4-9(2)12-13(18)16(7-5-6-14)10(3)8-11(17)15-12/h5-6,9-10,12H,4,7-8H2,1-3H3,(H,15,17)/b6-5+. The van der Waals surface area contributed by atoms with Gasteiger partial charge < -0.3 is 10.2 Å². The fourth-order valence-electron chi connectivity index (χ4n) is 2.11. The molecule has 3 atom stereocenters. The molecule has 1 fully saturated rings. The van der Waals surface area contributed by atoms with Gasteiger partial charge in [-0.3, -0.25) is 9.59 Å². The van der Waals surface area contributed by atoms with Crippen LogP contribution >= 0.6 is 11.6 Å². The first-order valence-electron chi connectivity index (χ1n) is 6.36. The molecule has 0 bridgehead atoms. The Morgan fingerprint density at radius 3 is 2.78 bits per heavy atom. The fourth-order valence-corrected chi connectivity index (χ4v) is 2.19. The van der Waals surface area contributed by atoms with Crippen LogP contribution in [0.4, 0.5) is 0 Å². The van der Waals surface area contributed by atoms with E-state index in [1.807, 2.05) is 20.8 Å². The molecule has 1 heterocycles. The smallest absolute Gasteiger partial charge is 0.245 e. The Morgan fingerprint density at radius 2 is 2.22 bits per heavy atom. The lowest BCUT2D eigenvalue weighted by atomic mass is 9.98. The summed E-state index contributed by atoms with van der Waals surface area (Å²) in [7, 11) is 0. The topological polar surface area (TPSA) is 49.4 Å². The van der Waals surface area contributed by atoms with Gasteiger partial charge in [-0.1, -0.05) is 37.9 Å². The Hall–Kier alpha value is -1.03. The minimum Gasteiger partial charge on any atom is -0.344 e. The number of carbonyl (C=O) groups excluding carboxylic acids is 2. The highest BCUT2D eigenvalue weighted by molar-refractivity contribution is 6.25. The number of carbonyl (C=O) groups is 2. The van der Waals surface area contributed by atoms with Gasteiger partial charge in [0.05, 0.1) is 0 Å². The van der Waals surface area contributed by atoms with E-state index in [1.54, 1.807) is 11.0 Å². The van der Waals surface area contributed by atoms with Crippen molar-refractivity contribution in [3.63, 3.8) is 0 Å². The van der Waals surface area contributed by atoms with Gasteiger partial charge in [0, 0.05) is 24.5 Å². The zero-order valence-electron chi connectivity index (χ0n) is 11.1. The molecule has 1 aliphatic heterocycles. The van der Waals surface area contributed by atoms with E-state index < -0.39 is 6.04 Å². The molecule has 1 N–H and O–H groups in total. The Labute approximate surface area is 113 Å². The molecule has 4 nitrogen and oxygen atoms in total. The average Bonchev–Trinajstić information content (AvgIpc) is 2.44. The van der Waals surface area contributed by atoms with Gasteiger partial charge in [-0.15, -0.1) is 0 Å². The first kappa shape index (κ1) is 15.0. The molecule has 1 saturated heterocycles. The first-order valence-corrected chi connectivity index (χ1v) is 6.80. The molecule has 0 saturated carbocycles. The maximum Gasteiger partial charge on any atom is 0.245 e. The summed E-state index contributed by atoms with van der Waals surface area (Å²) in [5.74, 6) is 0.0604. The molecular formula is C13H21ClN2O2. The van der Waals surface area contributed by atoms with Crippen molar-refractivity contribution in [2.45, 2.75) is 45.7 Å². The number of amides is 2. The molecule has 3 unspecified atom stereocenters. The van der Waals surface area contributed by atoms with E-state index >= 15 is 0 Å². The average molecular weight is 273 g/mol. The number of rotatable bonds is 4. The van der Waals surface area contributed by atoms with Crippen LogP contribution in [0.5, 0.6) is 0 Å². The number of hydrogen-bond donors (Lipinski definition) is 1. The lowest BCUT2D eigenvalue weighted by Gasteiger charge is -2.29. The van der Waals surface area contributed by atoms with Crippen molar-refractivity contribution in [3.05, 3.63) is 11.6 Å². The summed E-state index contributed by atoms with van der Waals surface area (Å²) < 4.78 is 0. The highest BCUT2D eigenvalue weighted by Crippen LogP contribution is 2.17. The van der Waals surface area contributed by atoms with Crippen LogP contribution in [-0.2, 0) is 9.59 Å². The van der Waals surface area contributed by atoms with E-state index in [9.17, 15) is 9.59 Å². The van der Waals surface area contributed by atoms with Crippen molar-refractivity contribution in [3.8, 4) is 0 Å². The predicted molar refractivity (Wildman–Crippen MR) is 72.2 cm³/mol. The van der Waals surface area contributed by atoms with Crippen molar-refractivity contribution in [1.29, 1.82) is 0 Å². The summed E-state index contributed by atoms with van der Waals surface area (Å²) >= 11 is 5.51. The molecule has 0 aromatic heterocycles. The Morgan fingerprint density at radius 1 is 1.56 bits per heavy atom. The van der Waals surface area contributed by atoms with E-state index in [2.05, 4.69) is 5.32 Å². The monoisotopic (exact) mass is 272 g/mol. The molecule has 0 radical (unpaired) electrons. The lowest BCUT2D eigenvalue weighted by Crippen LogP contribution is -2.49. The summed E-state index contributed by atoms with van der Waals surface area (Å²) in [6.07, 6.45) is 2.92. The predicted octanol–water partition coefficient (Wildman–Crippen LogP) is 1.89. The Kier molecular flexibility index (Phi) is 5.66. The zero-order valence-corrected chi connectivity index (χ0v) is 11.9.